The second-order valence-electron chi connectivity index (χ2n) is 4.43. The summed E-state index contributed by atoms with van der Waals surface area (Å²) in [5, 5.41) is 4.85. The van der Waals surface area contributed by atoms with Crippen molar-refractivity contribution >= 4 is 17.2 Å². The predicted octanol–water partition coefficient (Wildman–Crippen LogP) is 3.81. The fraction of sp³-hybridized carbons (Fsp3) is 0.143. The average molecular weight is 276 g/mol. The fourth-order valence-electron chi connectivity index (χ4n) is 2.18. The lowest BCUT2D eigenvalue weighted by molar-refractivity contribution is 0.628. The van der Waals surface area contributed by atoms with Gasteiger partial charge in [0.15, 0.2) is 5.65 Å². The van der Waals surface area contributed by atoms with Gasteiger partial charge in [0.2, 0.25) is 0 Å². The van der Waals surface area contributed by atoms with E-state index in [-0.39, 0.29) is 5.82 Å². The van der Waals surface area contributed by atoms with E-state index in [1.807, 2.05) is 19.9 Å². The third kappa shape index (κ3) is 1.98. The van der Waals surface area contributed by atoms with E-state index < -0.39 is 0 Å². The van der Waals surface area contributed by atoms with Crippen molar-refractivity contribution in [2.45, 2.75) is 13.8 Å². The fourth-order valence-corrected chi connectivity index (χ4v) is 2.46. The first-order valence-corrected chi connectivity index (χ1v) is 6.22. The van der Waals surface area contributed by atoms with E-state index in [0.29, 0.717) is 10.8 Å². The molecule has 0 aliphatic carbocycles. The predicted molar refractivity (Wildman–Crippen MR) is 72.9 cm³/mol. The number of hydrogen-bond acceptors (Lipinski definition) is 2. The van der Waals surface area contributed by atoms with Crippen LogP contribution in [0.15, 0.2) is 30.3 Å². The van der Waals surface area contributed by atoms with Gasteiger partial charge in [0, 0.05) is 11.3 Å². The van der Waals surface area contributed by atoms with Crippen LogP contribution in [0, 0.1) is 19.7 Å². The quantitative estimate of drug-likeness (QED) is 0.632. The molecule has 0 unspecified atom stereocenters. The summed E-state index contributed by atoms with van der Waals surface area (Å²) in [6.45, 7) is 3.73. The summed E-state index contributed by atoms with van der Waals surface area (Å²) in [5.74, 6) is -0.282. The molecular weight excluding hydrogens is 265 g/mol. The minimum atomic E-state index is -0.282. The van der Waals surface area contributed by atoms with Crippen LogP contribution in [0.25, 0.3) is 16.8 Å². The summed E-state index contributed by atoms with van der Waals surface area (Å²) < 4.78 is 14.9. The monoisotopic (exact) mass is 275 g/mol. The standard InChI is InChI=1S/C14H11ClFN3/c1-8-6-12(15)19-14(17-8)13(9(2)18-19)10-4-3-5-11(16)7-10/h3-7H,1-2H3. The molecule has 0 saturated carbocycles. The molecule has 3 rings (SSSR count). The number of hydrogen-bond donors (Lipinski definition) is 0. The molecule has 0 atom stereocenters. The van der Waals surface area contributed by atoms with Crippen LogP contribution in [0.1, 0.15) is 11.4 Å². The summed E-state index contributed by atoms with van der Waals surface area (Å²) in [6, 6.07) is 8.14. The van der Waals surface area contributed by atoms with Gasteiger partial charge in [-0.2, -0.15) is 5.10 Å². The van der Waals surface area contributed by atoms with Crippen molar-refractivity contribution in [3.05, 3.63) is 52.7 Å². The van der Waals surface area contributed by atoms with Crippen molar-refractivity contribution in [1.82, 2.24) is 14.6 Å². The molecule has 3 aromatic rings. The molecule has 0 amide bonds. The van der Waals surface area contributed by atoms with Crippen LogP contribution in [0.2, 0.25) is 5.15 Å². The molecule has 2 heterocycles. The van der Waals surface area contributed by atoms with E-state index in [0.717, 1.165) is 22.5 Å². The topological polar surface area (TPSA) is 30.2 Å². The van der Waals surface area contributed by atoms with Crippen LogP contribution in [0.4, 0.5) is 4.39 Å². The summed E-state index contributed by atoms with van der Waals surface area (Å²) in [4.78, 5) is 4.46. The van der Waals surface area contributed by atoms with Crippen molar-refractivity contribution in [3.8, 4) is 11.1 Å². The minimum Gasteiger partial charge on any atom is -0.233 e. The third-order valence-electron chi connectivity index (χ3n) is 2.96. The van der Waals surface area contributed by atoms with Gasteiger partial charge in [0.25, 0.3) is 0 Å². The van der Waals surface area contributed by atoms with Crippen LogP contribution < -0.4 is 0 Å². The Balaban J connectivity index is 2.38. The van der Waals surface area contributed by atoms with E-state index in [4.69, 9.17) is 11.6 Å². The highest BCUT2D eigenvalue weighted by molar-refractivity contribution is 6.29. The largest absolute Gasteiger partial charge is 0.233 e. The van der Waals surface area contributed by atoms with Gasteiger partial charge < -0.3 is 0 Å². The van der Waals surface area contributed by atoms with Gasteiger partial charge in [-0.05, 0) is 37.6 Å². The first-order valence-electron chi connectivity index (χ1n) is 5.84. The molecular formula is C14H11ClFN3. The zero-order chi connectivity index (χ0) is 13.6. The van der Waals surface area contributed by atoms with Crippen molar-refractivity contribution in [2.24, 2.45) is 0 Å². The number of aryl methyl sites for hydroxylation is 2. The lowest BCUT2D eigenvalue weighted by atomic mass is 10.1. The Morgan fingerprint density at radius 1 is 1.21 bits per heavy atom. The molecule has 96 valence electrons. The number of fused-ring (bicyclic) bond motifs is 1. The van der Waals surface area contributed by atoms with Crippen LogP contribution in [-0.2, 0) is 0 Å². The van der Waals surface area contributed by atoms with Crippen molar-refractivity contribution in [1.29, 1.82) is 0 Å². The summed E-state index contributed by atoms with van der Waals surface area (Å²) >= 11 is 6.15. The van der Waals surface area contributed by atoms with Gasteiger partial charge in [-0.25, -0.2) is 13.9 Å². The maximum absolute atomic E-state index is 13.4. The van der Waals surface area contributed by atoms with Crippen LogP contribution in [-0.4, -0.2) is 14.6 Å². The average Bonchev–Trinajstić information content (AvgIpc) is 2.66. The lowest BCUT2D eigenvalue weighted by Gasteiger charge is -2.02. The SMILES string of the molecule is Cc1cc(Cl)n2nc(C)c(-c3cccc(F)c3)c2n1. The van der Waals surface area contributed by atoms with E-state index in [2.05, 4.69) is 10.1 Å². The molecule has 0 aliphatic heterocycles. The van der Waals surface area contributed by atoms with Crippen molar-refractivity contribution in [2.75, 3.05) is 0 Å². The van der Waals surface area contributed by atoms with Crippen molar-refractivity contribution < 1.29 is 4.39 Å². The molecule has 0 radical (unpaired) electrons. The Morgan fingerprint density at radius 2 is 2.00 bits per heavy atom. The molecule has 2 aromatic heterocycles. The smallest absolute Gasteiger partial charge is 0.165 e. The van der Waals surface area contributed by atoms with E-state index in [9.17, 15) is 4.39 Å². The highest BCUT2D eigenvalue weighted by Crippen LogP contribution is 2.29. The maximum Gasteiger partial charge on any atom is 0.165 e. The second-order valence-corrected chi connectivity index (χ2v) is 4.81. The highest BCUT2D eigenvalue weighted by atomic mass is 35.5. The lowest BCUT2D eigenvalue weighted by Crippen LogP contribution is -1.94. The van der Waals surface area contributed by atoms with Crippen LogP contribution in [0.5, 0.6) is 0 Å². The summed E-state index contributed by atoms with van der Waals surface area (Å²) in [7, 11) is 0. The van der Waals surface area contributed by atoms with Gasteiger partial charge in [0.05, 0.1) is 5.69 Å². The molecule has 0 N–H and O–H groups in total. The van der Waals surface area contributed by atoms with Gasteiger partial charge in [0.1, 0.15) is 11.0 Å². The van der Waals surface area contributed by atoms with Crippen molar-refractivity contribution in [3.63, 3.8) is 0 Å². The van der Waals surface area contributed by atoms with Crippen LogP contribution >= 0.6 is 11.6 Å². The number of benzene rings is 1. The Morgan fingerprint density at radius 3 is 2.74 bits per heavy atom. The molecule has 0 fully saturated rings. The van der Waals surface area contributed by atoms with Gasteiger partial charge in [-0.3, -0.25) is 0 Å². The number of aromatic nitrogens is 3. The minimum absolute atomic E-state index is 0.282. The van der Waals surface area contributed by atoms with E-state index >= 15 is 0 Å². The van der Waals surface area contributed by atoms with E-state index in [1.165, 1.54) is 12.1 Å². The molecule has 0 spiro atoms. The van der Waals surface area contributed by atoms with E-state index in [1.54, 1.807) is 16.6 Å². The van der Waals surface area contributed by atoms with Gasteiger partial charge in [-0.1, -0.05) is 23.7 Å². The highest BCUT2D eigenvalue weighted by Gasteiger charge is 2.15. The zero-order valence-electron chi connectivity index (χ0n) is 10.5. The molecule has 0 aliphatic rings. The van der Waals surface area contributed by atoms with Gasteiger partial charge in [-0.15, -0.1) is 0 Å². The Kier molecular flexibility index (Phi) is 2.75. The summed E-state index contributed by atoms with van der Waals surface area (Å²) in [5.41, 5.74) is 3.78. The molecule has 5 heteroatoms. The molecule has 19 heavy (non-hydrogen) atoms. The Bertz CT molecular complexity index is 780. The normalized spacial score (nSPS) is 11.2. The first kappa shape index (κ1) is 12.1. The Hall–Kier alpha value is -1.94. The third-order valence-corrected chi connectivity index (χ3v) is 3.23. The zero-order valence-corrected chi connectivity index (χ0v) is 11.2. The molecule has 0 bridgehead atoms. The van der Waals surface area contributed by atoms with Crippen LogP contribution in [0.3, 0.4) is 0 Å². The molecule has 1 aromatic carbocycles. The number of rotatable bonds is 1. The maximum atomic E-state index is 13.4. The Labute approximate surface area is 114 Å². The first-order chi connectivity index (χ1) is 9.06. The summed E-state index contributed by atoms with van der Waals surface area (Å²) in [6.07, 6.45) is 0. The molecule has 0 saturated heterocycles. The van der Waals surface area contributed by atoms with Gasteiger partial charge >= 0.3 is 0 Å². The molecule has 3 nitrogen and oxygen atoms in total. The number of halogens is 2. The second kappa shape index (κ2) is 4.31. The number of nitrogens with zero attached hydrogens (tertiary/aromatic N) is 3.